The molecule has 0 saturated carbocycles. The maximum Gasteiger partial charge on any atom is 0.329 e. The Morgan fingerprint density at radius 2 is 1.44 bits per heavy atom. The summed E-state index contributed by atoms with van der Waals surface area (Å²) in [6.07, 6.45) is 0. The Morgan fingerprint density at radius 1 is 0.875 bits per heavy atom. The van der Waals surface area contributed by atoms with Crippen molar-refractivity contribution in [1.82, 2.24) is 5.32 Å². The van der Waals surface area contributed by atoms with Gasteiger partial charge in [0, 0.05) is 5.69 Å². The van der Waals surface area contributed by atoms with Crippen molar-refractivity contribution in [2.75, 3.05) is 25.2 Å². The number of benzene rings is 3. The SMILES string of the molecule is COC(=O)C(C)(COc1ccccc1)NCC(=O)N(Cc1ccccc1)c1ccccc1. The van der Waals surface area contributed by atoms with Crippen molar-refractivity contribution in [2.24, 2.45) is 0 Å². The standard InChI is InChI=1S/C26H28N2O4/c1-26(25(30)31-2,20-32-23-16-10-5-11-17-23)27-18-24(29)28(22-14-8-4-9-15-22)19-21-12-6-3-7-13-21/h3-17,27H,18-20H2,1-2H3. The van der Waals surface area contributed by atoms with Gasteiger partial charge < -0.3 is 14.4 Å². The average Bonchev–Trinajstić information content (AvgIpc) is 2.86. The van der Waals surface area contributed by atoms with Gasteiger partial charge in [0.05, 0.1) is 20.2 Å². The van der Waals surface area contributed by atoms with Gasteiger partial charge in [-0.2, -0.15) is 0 Å². The maximum atomic E-state index is 13.3. The van der Waals surface area contributed by atoms with Crippen LogP contribution in [0.5, 0.6) is 5.75 Å². The Hall–Kier alpha value is -3.64. The van der Waals surface area contributed by atoms with Crippen LogP contribution in [-0.4, -0.2) is 37.7 Å². The topological polar surface area (TPSA) is 67.9 Å². The highest BCUT2D eigenvalue weighted by atomic mass is 16.5. The minimum Gasteiger partial charge on any atom is -0.491 e. The first-order valence-electron chi connectivity index (χ1n) is 10.4. The molecule has 1 amide bonds. The Morgan fingerprint density at radius 3 is 2.03 bits per heavy atom. The number of anilines is 1. The molecule has 3 rings (SSSR count). The average molecular weight is 433 g/mol. The number of carbonyl (C=O) groups is 2. The largest absolute Gasteiger partial charge is 0.491 e. The lowest BCUT2D eigenvalue weighted by Crippen LogP contribution is -2.57. The summed E-state index contributed by atoms with van der Waals surface area (Å²) in [5.74, 6) is -0.0452. The summed E-state index contributed by atoms with van der Waals surface area (Å²) in [7, 11) is 1.32. The summed E-state index contributed by atoms with van der Waals surface area (Å²) in [5.41, 5.74) is 0.589. The number of methoxy groups -OCH3 is 1. The zero-order valence-corrected chi connectivity index (χ0v) is 18.4. The van der Waals surface area contributed by atoms with E-state index in [9.17, 15) is 9.59 Å². The Labute approximate surface area is 188 Å². The summed E-state index contributed by atoms with van der Waals surface area (Å²) >= 11 is 0. The van der Waals surface area contributed by atoms with Crippen molar-refractivity contribution in [3.63, 3.8) is 0 Å². The molecule has 0 aromatic heterocycles. The van der Waals surface area contributed by atoms with Gasteiger partial charge in [0.25, 0.3) is 0 Å². The predicted molar refractivity (Wildman–Crippen MR) is 124 cm³/mol. The lowest BCUT2D eigenvalue weighted by molar-refractivity contribution is -0.149. The van der Waals surface area contributed by atoms with Crippen molar-refractivity contribution < 1.29 is 19.1 Å². The zero-order chi connectivity index (χ0) is 22.8. The van der Waals surface area contributed by atoms with Crippen molar-refractivity contribution in [3.8, 4) is 5.75 Å². The smallest absolute Gasteiger partial charge is 0.329 e. The number of esters is 1. The summed E-state index contributed by atoms with van der Waals surface area (Å²) in [6.45, 7) is 2.03. The summed E-state index contributed by atoms with van der Waals surface area (Å²) < 4.78 is 10.7. The minimum absolute atomic E-state index is 0.0149. The molecule has 0 aliphatic heterocycles. The highest BCUT2D eigenvalue weighted by Crippen LogP contribution is 2.18. The predicted octanol–water partition coefficient (Wildman–Crippen LogP) is 3.82. The van der Waals surface area contributed by atoms with E-state index in [2.05, 4.69) is 5.32 Å². The lowest BCUT2D eigenvalue weighted by atomic mass is 10.0. The molecule has 1 atom stereocenters. The summed E-state index contributed by atoms with van der Waals surface area (Å²) in [5, 5.41) is 3.06. The molecule has 6 heteroatoms. The second-order valence-electron chi connectivity index (χ2n) is 7.58. The molecular weight excluding hydrogens is 404 g/mol. The molecule has 0 heterocycles. The molecule has 0 saturated heterocycles. The fourth-order valence-corrected chi connectivity index (χ4v) is 3.22. The van der Waals surface area contributed by atoms with Gasteiger partial charge in [-0.1, -0.05) is 66.7 Å². The number of carbonyl (C=O) groups excluding carboxylic acids is 2. The van der Waals surface area contributed by atoms with Crippen LogP contribution in [0.15, 0.2) is 91.0 Å². The van der Waals surface area contributed by atoms with Gasteiger partial charge in [-0.15, -0.1) is 0 Å². The van der Waals surface area contributed by atoms with Crippen molar-refractivity contribution in [1.29, 1.82) is 0 Å². The third kappa shape index (κ3) is 6.18. The highest BCUT2D eigenvalue weighted by molar-refractivity contribution is 5.95. The minimum atomic E-state index is -1.20. The third-order valence-electron chi connectivity index (χ3n) is 5.09. The van der Waals surface area contributed by atoms with Crippen LogP contribution in [0.1, 0.15) is 12.5 Å². The molecule has 6 nitrogen and oxygen atoms in total. The van der Waals surface area contributed by atoms with E-state index in [0.717, 1.165) is 11.3 Å². The van der Waals surface area contributed by atoms with E-state index in [1.54, 1.807) is 24.0 Å². The highest BCUT2D eigenvalue weighted by Gasteiger charge is 2.36. The van der Waals surface area contributed by atoms with Crippen LogP contribution in [0.25, 0.3) is 0 Å². The van der Waals surface area contributed by atoms with Crippen LogP contribution in [-0.2, 0) is 20.9 Å². The van der Waals surface area contributed by atoms with E-state index >= 15 is 0 Å². The van der Waals surface area contributed by atoms with Crippen LogP contribution in [0.3, 0.4) is 0 Å². The van der Waals surface area contributed by atoms with E-state index in [4.69, 9.17) is 9.47 Å². The maximum absolute atomic E-state index is 13.3. The molecule has 0 aliphatic rings. The van der Waals surface area contributed by atoms with Gasteiger partial charge in [0.15, 0.2) is 0 Å². The lowest BCUT2D eigenvalue weighted by Gasteiger charge is -2.30. The van der Waals surface area contributed by atoms with Gasteiger partial charge in [0.2, 0.25) is 5.91 Å². The van der Waals surface area contributed by atoms with Crippen molar-refractivity contribution >= 4 is 17.6 Å². The fourth-order valence-electron chi connectivity index (χ4n) is 3.22. The molecule has 0 radical (unpaired) electrons. The van der Waals surface area contributed by atoms with Gasteiger partial charge in [-0.3, -0.25) is 10.1 Å². The number of ether oxygens (including phenoxy) is 2. The molecule has 1 unspecified atom stereocenters. The second-order valence-corrected chi connectivity index (χ2v) is 7.58. The zero-order valence-electron chi connectivity index (χ0n) is 18.4. The molecule has 166 valence electrons. The molecule has 0 fully saturated rings. The van der Waals surface area contributed by atoms with Gasteiger partial charge in [-0.05, 0) is 36.8 Å². The summed E-state index contributed by atoms with van der Waals surface area (Å²) in [4.78, 5) is 27.5. The van der Waals surface area contributed by atoms with E-state index in [1.165, 1.54) is 7.11 Å². The molecule has 3 aromatic carbocycles. The van der Waals surface area contributed by atoms with Crippen LogP contribution < -0.4 is 15.0 Å². The monoisotopic (exact) mass is 432 g/mol. The summed E-state index contributed by atoms with van der Waals surface area (Å²) in [6, 6.07) is 28.4. The fraction of sp³-hybridized carbons (Fsp3) is 0.231. The first kappa shape index (κ1) is 23.0. The second kappa shape index (κ2) is 11.1. The van der Waals surface area contributed by atoms with E-state index in [0.29, 0.717) is 12.3 Å². The molecule has 3 aromatic rings. The number of hydrogen-bond donors (Lipinski definition) is 1. The van der Waals surface area contributed by atoms with E-state index < -0.39 is 11.5 Å². The molecule has 0 aliphatic carbocycles. The molecule has 32 heavy (non-hydrogen) atoms. The molecule has 0 bridgehead atoms. The van der Waals surface area contributed by atoms with Gasteiger partial charge >= 0.3 is 5.97 Å². The molecule has 0 spiro atoms. The Balaban J connectivity index is 1.73. The number of amides is 1. The molecular formula is C26H28N2O4. The van der Waals surface area contributed by atoms with Gasteiger partial charge in [-0.25, -0.2) is 4.79 Å². The molecule has 1 N–H and O–H groups in total. The first-order chi connectivity index (χ1) is 15.5. The van der Waals surface area contributed by atoms with Crippen LogP contribution in [0, 0.1) is 0 Å². The third-order valence-corrected chi connectivity index (χ3v) is 5.09. The number of hydrogen-bond acceptors (Lipinski definition) is 5. The normalized spacial score (nSPS) is 12.4. The van der Waals surface area contributed by atoms with Gasteiger partial charge in [0.1, 0.15) is 17.9 Å². The first-order valence-corrected chi connectivity index (χ1v) is 10.4. The van der Waals surface area contributed by atoms with Crippen molar-refractivity contribution in [2.45, 2.75) is 19.0 Å². The number of nitrogens with one attached hydrogen (secondary N) is 1. The van der Waals surface area contributed by atoms with Crippen LogP contribution >= 0.6 is 0 Å². The van der Waals surface area contributed by atoms with E-state index in [1.807, 2.05) is 78.9 Å². The number of nitrogens with zero attached hydrogens (tertiary/aromatic N) is 1. The quantitative estimate of drug-likeness (QED) is 0.494. The van der Waals surface area contributed by atoms with Crippen LogP contribution in [0.4, 0.5) is 5.69 Å². The Kier molecular flexibility index (Phi) is 8.00. The Bertz CT molecular complexity index is 996. The van der Waals surface area contributed by atoms with E-state index in [-0.39, 0.29) is 19.1 Å². The number of para-hydroxylation sites is 2. The van der Waals surface area contributed by atoms with Crippen LogP contribution in [0.2, 0.25) is 0 Å². The van der Waals surface area contributed by atoms with Crippen molar-refractivity contribution in [3.05, 3.63) is 96.6 Å². The number of rotatable bonds is 10.